The Kier molecular flexibility index (Phi) is 2.71. The van der Waals surface area contributed by atoms with Gasteiger partial charge in [0.25, 0.3) is 0 Å². The highest BCUT2D eigenvalue weighted by molar-refractivity contribution is 7.85. The highest BCUT2D eigenvalue weighted by Gasteiger charge is 2.18. The molecule has 0 amide bonds. The third-order valence-corrected chi connectivity index (χ3v) is 4.23. The van der Waals surface area contributed by atoms with Crippen molar-refractivity contribution in [2.75, 3.05) is 16.8 Å². The molecule has 0 saturated carbocycles. The van der Waals surface area contributed by atoms with E-state index in [0.717, 1.165) is 30.2 Å². The van der Waals surface area contributed by atoms with Crippen LogP contribution in [-0.2, 0) is 10.8 Å². The Balaban J connectivity index is 1.80. The van der Waals surface area contributed by atoms with Crippen LogP contribution in [0.3, 0.4) is 0 Å². The maximum absolute atomic E-state index is 11.3. The van der Waals surface area contributed by atoms with Crippen molar-refractivity contribution in [3.8, 4) is 0 Å². The molecule has 1 aliphatic heterocycles. The number of rotatable bonds is 2. The Labute approximate surface area is 100 Å². The molecule has 7 nitrogen and oxygen atoms in total. The molecule has 0 aliphatic carbocycles. The molecule has 3 heterocycles. The Bertz CT molecular complexity index is 545. The Morgan fingerprint density at radius 3 is 3.00 bits per heavy atom. The van der Waals surface area contributed by atoms with Crippen LogP contribution < -0.4 is 5.32 Å². The summed E-state index contributed by atoms with van der Waals surface area (Å²) in [7, 11) is -0.641. The van der Waals surface area contributed by atoms with Crippen LogP contribution in [0.5, 0.6) is 0 Å². The van der Waals surface area contributed by atoms with Crippen LogP contribution in [0.25, 0.3) is 5.65 Å². The van der Waals surface area contributed by atoms with Crippen LogP contribution in [0.15, 0.2) is 12.4 Å². The van der Waals surface area contributed by atoms with Gasteiger partial charge in [0.15, 0.2) is 11.5 Å². The van der Waals surface area contributed by atoms with Crippen LogP contribution in [0.4, 0.5) is 5.82 Å². The minimum Gasteiger partial charge on any atom is -0.366 e. The van der Waals surface area contributed by atoms with Gasteiger partial charge in [-0.3, -0.25) is 9.19 Å². The van der Waals surface area contributed by atoms with Crippen molar-refractivity contribution in [2.45, 2.75) is 18.9 Å². The third-order valence-electron chi connectivity index (χ3n) is 2.85. The molecule has 17 heavy (non-hydrogen) atoms. The van der Waals surface area contributed by atoms with Gasteiger partial charge in [0, 0.05) is 28.3 Å². The van der Waals surface area contributed by atoms with E-state index in [0.29, 0.717) is 11.7 Å². The van der Waals surface area contributed by atoms with E-state index in [4.69, 9.17) is 0 Å². The fraction of sp³-hybridized carbons (Fsp3) is 0.556. The largest absolute Gasteiger partial charge is 0.366 e. The van der Waals surface area contributed by atoms with Crippen LogP contribution in [-0.4, -0.2) is 46.8 Å². The number of hydrogen-bond acceptors (Lipinski definition) is 6. The summed E-state index contributed by atoms with van der Waals surface area (Å²) in [5.41, 5.74) is 0.620. The summed E-state index contributed by atoms with van der Waals surface area (Å²) < 4.78 is 12.9. The summed E-state index contributed by atoms with van der Waals surface area (Å²) in [5.74, 6) is 2.30. The van der Waals surface area contributed by atoms with E-state index in [1.807, 2.05) is 0 Å². The lowest BCUT2D eigenvalue weighted by atomic mass is 10.1. The number of nitrogens with one attached hydrogen (secondary N) is 1. The Morgan fingerprint density at radius 2 is 2.18 bits per heavy atom. The quantitative estimate of drug-likeness (QED) is 0.799. The number of hydrogen-bond donors (Lipinski definition) is 1. The summed E-state index contributed by atoms with van der Waals surface area (Å²) in [6.07, 6.45) is 5.13. The molecular weight excluding hydrogens is 240 g/mol. The average Bonchev–Trinajstić information content (AvgIpc) is 2.81. The molecule has 0 spiro atoms. The predicted octanol–water partition coefficient (Wildman–Crippen LogP) is -0.158. The zero-order valence-corrected chi connectivity index (χ0v) is 9.93. The van der Waals surface area contributed by atoms with E-state index in [-0.39, 0.29) is 0 Å². The zero-order chi connectivity index (χ0) is 11.7. The van der Waals surface area contributed by atoms with Crippen molar-refractivity contribution < 1.29 is 4.21 Å². The predicted molar refractivity (Wildman–Crippen MR) is 63.1 cm³/mol. The summed E-state index contributed by atoms with van der Waals surface area (Å²) in [6.45, 7) is 0. The SMILES string of the molecule is O=S1CCC(Nc2cncc3nnnn23)CC1. The topological polar surface area (TPSA) is 85.1 Å². The van der Waals surface area contributed by atoms with Gasteiger partial charge in [-0.05, 0) is 23.3 Å². The normalized spacial score (nSPS) is 24.9. The van der Waals surface area contributed by atoms with E-state index < -0.39 is 10.8 Å². The molecular formula is C9H12N6OS. The molecule has 0 radical (unpaired) electrons. The number of fused-ring (bicyclic) bond motifs is 1. The minimum atomic E-state index is -0.641. The summed E-state index contributed by atoms with van der Waals surface area (Å²) in [5, 5.41) is 14.7. The van der Waals surface area contributed by atoms with Gasteiger partial charge in [0.2, 0.25) is 0 Å². The van der Waals surface area contributed by atoms with Gasteiger partial charge in [0.05, 0.1) is 12.4 Å². The molecule has 1 N–H and O–H groups in total. The fourth-order valence-corrected chi connectivity index (χ4v) is 3.22. The molecule has 0 atom stereocenters. The molecule has 0 bridgehead atoms. The highest BCUT2D eigenvalue weighted by Crippen LogP contribution is 2.15. The monoisotopic (exact) mass is 252 g/mol. The summed E-state index contributed by atoms with van der Waals surface area (Å²) in [4.78, 5) is 4.08. The van der Waals surface area contributed by atoms with Crippen LogP contribution in [0.2, 0.25) is 0 Å². The van der Waals surface area contributed by atoms with Gasteiger partial charge in [-0.2, -0.15) is 4.52 Å². The second kappa shape index (κ2) is 4.36. The third kappa shape index (κ3) is 2.12. The number of aromatic nitrogens is 5. The lowest BCUT2D eigenvalue weighted by molar-refractivity contribution is 0.619. The van der Waals surface area contributed by atoms with Crippen molar-refractivity contribution in [1.82, 2.24) is 25.0 Å². The fourth-order valence-electron chi connectivity index (χ4n) is 1.92. The van der Waals surface area contributed by atoms with Gasteiger partial charge >= 0.3 is 0 Å². The van der Waals surface area contributed by atoms with Crippen LogP contribution in [0.1, 0.15) is 12.8 Å². The number of nitrogens with zero attached hydrogens (tertiary/aromatic N) is 5. The molecule has 8 heteroatoms. The van der Waals surface area contributed by atoms with E-state index >= 15 is 0 Å². The molecule has 90 valence electrons. The molecule has 2 aromatic rings. The first-order valence-electron chi connectivity index (χ1n) is 5.46. The van der Waals surface area contributed by atoms with Gasteiger partial charge in [-0.1, -0.05) is 0 Å². The number of anilines is 1. The smallest absolute Gasteiger partial charge is 0.199 e. The summed E-state index contributed by atoms with van der Waals surface area (Å²) in [6, 6.07) is 0.323. The molecule has 0 aromatic carbocycles. The van der Waals surface area contributed by atoms with Crippen molar-refractivity contribution in [3.05, 3.63) is 12.4 Å². The molecule has 1 fully saturated rings. The molecule has 2 aromatic heterocycles. The molecule has 3 rings (SSSR count). The van der Waals surface area contributed by atoms with E-state index in [1.165, 1.54) is 0 Å². The van der Waals surface area contributed by atoms with Gasteiger partial charge in [-0.15, -0.1) is 5.10 Å². The van der Waals surface area contributed by atoms with Crippen molar-refractivity contribution in [1.29, 1.82) is 0 Å². The van der Waals surface area contributed by atoms with Gasteiger partial charge < -0.3 is 5.32 Å². The van der Waals surface area contributed by atoms with Gasteiger partial charge in [-0.25, -0.2) is 0 Å². The first-order chi connectivity index (χ1) is 8.33. The van der Waals surface area contributed by atoms with E-state index in [9.17, 15) is 4.21 Å². The second-order valence-corrected chi connectivity index (χ2v) is 5.70. The van der Waals surface area contributed by atoms with Crippen molar-refractivity contribution in [2.24, 2.45) is 0 Å². The average molecular weight is 252 g/mol. The van der Waals surface area contributed by atoms with Crippen molar-refractivity contribution >= 4 is 22.3 Å². The van der Waals surface area contributed by atoms with E-state index in [1.54, 1.807) is 16.9 Å². The Morgan fingerprint density at radius 1 is 1.35 bits per heavy atom. The molecule has 1 saturated heterocycles. The Hall–Kier alpha value is -1.57. The number of tetrazole rings is 1. The van der Waals surface area contributed by atoms with Crippen LogP contribution >= 0.6 is 0 Å². The highest BCUT2D eigenvalue weighted by atomic mass is 32.2. The second-order valence-electron chi connectivity index (χ2n) is 4.01. The lowest BCUT2D eigenvalue weighted by Crippen LogP contribution is -2.30. The zero-order valence-electron chi connectivity index (χ0n) is 9.11. The molecule has 0 unspecified atom stereocenters. The molecule has 1 aliphatic rings. The van der Waals surface area contributed by atoms with Gasteiger partial charge in [0.1, 0.15) is 0 Å². The first-order valence-corrected chi connectivity index (χ1v) is 6.95. The maximum atomic E-state index is 11.3. The first kappa shape index (κ1) is 10.6. The van der Waals surface area contributed by atoms with Crippen molar-refractivity contribution in [3.63, 3.8) is 0 Å². The lowest BCUT2D eigenvalue weighted by Gasteiger charge is -2.23. The standard InChI is InChI=1S/C9H12N6OS/c16-17-3-1-7(2-4-17)11-8-5-10-6-9-12-13-14-15(8)9/h5-7,11H,1-4H2. The van der Waals surface area contributed by atoms with Crippen LogP contribution in [0, 0.1) is 0 Å². The maximum Gasteiger partial charge on any atom is 0.199 e. The minimum absolute atomic E-state index is 0.323. The summed E-state index contributed by atoms with van der Waals surface area (Å²) >= 11 is 0. The van der Waals surface area contributed by atoms with E-state index in [2.05, 4.69) is 25.8 Å².